The molecule has 1 N–H and O–H groups in total. The highest BCUT2D eigenvalue weighted by molar-refractivity contribution is 6.35. The zero-order valence-electron chi connectivity index (χ0n) is 7.49. The van der Waals surface area contributed by atoms with Crippen LogP contribution in [0.5, 0.6) is 5.75 Å². The number of benzene rings is 1. The minimum atomic E-state index is 0.101. The molecule has 1 aromatic carbocycles. The number of pyridine rings is 1. The molecule has 1 heterocycles. The molecule has 0 fully saturated rings. The molecule has 0 bridgehead atoms. The Morgan fingerprint density at radius 2 is 2.07 bits per heavy atom. The van der Waals surface area contributed by atoms with Gasteiger partial charge in [0.2, 0.25) is 5.52 Å². The van der Waals surface area contributed by atoms with Crippen LogP contribution >= 0.6 is 11.6 Å². The monoisotopic (exact) mass is 209 g/mol. The lowest BCUT2D eigenvalue weighted by Crippen LogP contribution is -2.26. The maximum absolute atomic E-state index is 11.5. The fourth-order valence-corrected chi connectivity index (χ4v) is 1.67. The minimum Gasteiger partial charge on any atom is -0.618 e. The van der Waals surface area contributed by atoms with E-state index in [9.17, 15) is 10.3 Å². The molecule has 0 aliphatic rings. The molecular weight excluding hydrogens is 202 g/mol. The number of aromatic nitrogens is 1. The molecule has 0 aliphatic carbocycles. The molecule has 0 spiro atoms. The first kappa shape index (κ1) is 9.09. The van der Waals surface area contributed by atoms with E-state index in [2.05, 4.69) is 0 Å². The molecule has 0 saturated carbocycles. The SMILES string of the molecule is Cc1c(O)ccc2c(Cl)cc[n+]([O-])c12. The van der Waals surface area contributed by atoms with E-state index in [0.717, 1.165) is 0 Å². The van der Waals surface area contributed by atoms with Gasteiger partial charge in [0.25, 0.3) is 0 Å². The second-order valence-electron chi connectivity index (χ2n) is 3.10. The van der Waals surface area contributed by atoms with Crippen LogP contribution in [-0.4, -0.2) is 5.11 Å². The summed E-state index contributed by atoms with van der Waals surface area (Å²) in [5, 5.41) is 22.0. The molecule has 2 aromatic rings. The summed E-state index contributed by atoms with van der Waals surface area (Å²) in [5.41, 5.74) is 0.956. The number of halogens is 1. The Labute approximate surface area is 85.8 Å². The Hall–Kier alpha value is -1.48. The topological polar surface area (TPSA) is 47.2 Å². The molecule has 72 valence electrons. The molecule has 2 rings (SSSR count). The lowest BCUT2D eigenvalue weighted by molar-refractivity contribution is -0.577. The molecule has 3 nitrogen and oxygen atoms in total. The third-order valence-electron chi connectivity index (χ3n) is 2.24. The number of hydrogen-bond acceptors (Lipinski definition) is 2. The third kappa shape index (κ3) is 1.17. The van der Waals surface area contributed by atoms with Crippen molar-refractivity contribution in [2.24, 2.45) is 0 Å². The van der Waals surface area contributed by atoms with E-state index in [4.69, 9.17) is 11.6 Å². The average molecular weight is 210 g/mol. The van der Waals surface area contributed by atoms with Crippen LogP contribution in [0, 0.1) is 12.1 Å². The summed E-state index contributed by atoms with van der Waals surface area (Å²) in [6, 6.07) is 4.70. The highest BCUT2D eigenvalue weighted by Crippen LogP contribution is 2.27. The van der Waals surface area contributed by atoms with E-state index in [0.29, 0.717) is 26.2 Å². The van der Waals surface area contributed by atoms with Gasteiger partial charge < -0.3 is 10.3 Å². The lowest BCUT2D eigenvalue weighted by atomic mass is 10.1. The molecule has 0 amide bonds. The zero-order valence-corrected chi connectivity index (χ0v) is 8.25. The summed E-state index contributed by atoms with van der Waals surface area (Å²) >= 11 is 5.92. The summed E-state index contributed by atoms with van der Waals surface area (Å²) < 4.78 is 0.705. The molecule has 0 aliphatic heterocycles. The Morgan fingerprint density at radius 1 is 1.36 bits per heavy atom. The average Bonchev–Trinajstić information content (AvgIpc) is 2.16. The molecule has 1 aromatic heterocycles. The summed E-state index contributed by atoms with van der Waals surface area (Å²) in [4.78, 5) is 0. The van der Waals surface area contributed by atoms with Gasteiger partial charge in [0.05, 0.1) is 16.0 Å². The van der Waals surface area contributed by atoms with Crippen LogP contribution in [0.25, 0.3) is 10.9 Å². The molecular formula is C10H8ClNO2. The van der Waals surface area contributed by atoms with Gasteiger partial charge in [-0.05, 0) is 19.1 Å². The van der Waals surface area contributed by atoms with Gasteiger partial charge in [-0.1, -0.05) is 11.6 Å². The zero-order chi connectivity index (χ0) is 10.3. The van der Waals surface area contributed by atoms with Gasteiger partial charge in [0.15, 0.2) is 6.20 Å². The summed E-state index contributed by atoms with van der Waals surface area (Å²) in [6.07, 6.45) is 1.33. The van der Waals surface area contributed by atoms with Gasteiger partial charge in [0.1, 0.15) is 5.75 Å². The number of nitrogens with zero attached hydrogens (tertiary/aromatic N) is 1. The summed E-state index contributed by atoms with van der Waals surface area (Å²) in [6.45, 7) is 1.68. The first-order valence-electron chi connectivity index (χ1n) is 4.11. The van der Waals surface area contributed by atoms with Crippen molar-refractivity contribution in [3.63, 3.8) is 0 Å². The van der Waals surface area contributed by atoms with E-state index in [1.807, 2.05) is 0 Å². The van der Waals surface area contributed by atoms with Crippen molar-refractivity contribution < 1.29 is 9.84 Å². The Kier molecular flexibility index (Phi) is 1.97. The van der Waals surface area contributed by atoms with Crippen molar-refractivity contribution in [2.45, 2.75) is 6.92 Å². The molecule has 0 radical (unpaired) electrons. The minimum absolute atomic E-state index is 0.101. The first-order chi connectivity index (χ1) is 6.61. The van der Waals surface area contributed by atoms with Crippen LogP contribution in [0.1, 0.15) is 5.56 Å². The second-order valence-corrected chi connectivity index (χ2v) is 3.50. The Bertz CT molecular complexity index is 511. The van der Waals surface area contributed by atoms with E-state index in [1.54, 1.807) is 13.0 Å². The van der Waals surface area contributed by atoms with Crippen LogP contribution < -0.4 is 4.73 Å². The number of hydrogen-bond donors (Lipinski definition) is 1. The second kappa shape index (κ2) is 3.03. The van der Waals surface area contributed by atoms with Gasteiger partial charge in [-0.15, -0.1) is 0 Å². The maximum atomic E-state index is 11.5. The molecule has 14 heavy (non-hydrogen) atoms. The normalized spacial score (nSPS) is 10.7. The molecule has 0 saturated heterocycles. The number of fused-ring (bicyclic) bond motifs is 1. The Morgan fingerprint density at radius 3 is 2.79 bits per heavy atom. The van der Waals surface area contributed by atoms with Gasteiger partial charge in [0, 0.05) is 6.07 Å². The van der Waals surface area contributed by atoms with Crippen molar-refractivity contribution in [1.82, 2.24) is 0 Å². The Balaban J connectivity index is 3.01. The van der Waals surface area contributed by atoms with Gasteiger partial charge >= 0.3 is 0 Å². The third-order valence-corrected chi connectivity index (χ3v) is 2.57. The van der Waals surface area contributed by atoms with Crippen molar-refractivity contribution in [1.29, 1.82) is 0 Å². The van der Waals surface area contributed by atoms with Crippen LogP contribution in [0.3, 0.4) is 0 Å². The molecule has 0 atom stereocenters. The van der Waals surface area contributed by atoms with Gasteiger partial charge in [-0.3, -0.25) is 0 Å². The summed E-state index contributed by atoms with van der Waals surface area (Å²) in [5.74, 6) is 0.101. The van der Waals surface area contributed by atoms with Crippen LogP contribution in [0.15, 0.2) is 24.4 Å². The van der Waals surface area contributed by atoms with Crippen molar-refractivity contribution in [3.8, 4) is 5.75 Å². The standard InChI is InChI=1S/C10H8ClNO2/c1-6-9(13)3-2-7-8(11)4-5-12(14)10(6)7/h2-5,13H,1H3. The first-order valence-corrected chi connectivity index (χ1v) is 4.49. The number of aryl methyl sites for hydroxylation is 1. The van der Waals surface area contributed by atoms with E-state index < -0.39 is 0 Å². The van der Waals surface area contributed by atoms with Gasteiger partial charge in [-0.25, -0.2) is 0 Å². The number of aromatic hydroxyl groups is 1. The van der Waals surface area contributed by atoms with E-state index in [1.165, 1.54) is 18.3 Å². The predicted molar refractivity (Wildman–Crippen MR) is 54.3 cm³/mol. The molecule has 4 heteroatoms. The maximum Gasteiger partial charge on any atom is 0.231 e. The van der Waals surface area contributed by atoms with Crippen LogP contribution in [0.4, 0.5) is 0 Å². The molecule has 0 unspecified atom stereocenters. The number of rotatable bonds is 0. The van der Waals surface area contributed by atoms with Crippen molar-refractivity contribution in [3.05, 3.63) is 40.2 Å². The fraction of sp³-hybridized carbons (Fsp3) is 0.100. The highest BCUT2D eigenvalue weighted by Gasteiger charge is 2.13. The van der Waals surface area contributed by atoms with Crippen molar-refractivity contribution in [2.75, 3.05) is 0 Å². The predicted octanol–water partition coefficient (Wildman–Crippen LogP) is 2.14. The summed E-state index contributed by atoms with van der Waals surface area (Å²) in [7, 11) is 0. The number of phenols is 1. The van der Waals surface area contributed by atoms with E-state index in [-0.39, 0.29) is 5.75 Å². The highest BCUT2D eigenvalue weighted by atomic mass is 35.5. The van der Waals surface area contributed by atoms with Crippen LogP contribution in [0.2, 0.25) is 5.02 Å². The quantitative estimate of drug-likeness (QED) is 0.534. The fourth-order valence-electron chi connectivity index (χ4n) is 1.46. The van der Waals surface area contributed by atoms with E-state index >= 15 is 0 Å². The van der Waals surface area contributed by atoms with Gasteiger partial charge in [-0.2, -0.15) is 4.73 Å². The van der Waals surface area contributed by atoms with Crippen LogP contribution in [-0.2, 0) is 0 Å². The largest absolute Gasteiger partial charge is 0.618 e. The number of phenolic OH excluding ortho intramolecular Hbond substituents is 1. The van der Waals surface area contributed by atoms with Crippen molar-refractivity contribution >= 4 is 22.5 Å². The lowest BCUT2D eigenvalue weighted by Gasteiger charge is -2.06. The smallest absolute Gasteiger partial charge is 0.231 e.